The van der Waals surface area contributed by atoms with Gasteiger partial charge in [-0.1, -0.05) is 19.9 Å². The summed E-state index contributed by atoms with van der Waals surface area (Å²) >= 11 is 0. The molecule has 24 heavy (non-hydrogen) atoms. The topological polar surface area (TPSA) is 78.5 Å². The summed E-state index contributed by atoms with van der Waals surface area (Å²) in [6, 6.07) is 6.12. The Labute approximate surface area is 145 Å². The lowest BCUT2D eigenvalue weighted by Crippen LogP contribution is -2.28. The van der Waals surface area contributed by atoms with E-state index in [9.17, 15) is 13.2 Å². The van der Waals surface area contributed by atoms with E-state index in [-0.39, 0.29) is 10.8 Å². The zero-order valence-electron chi connectivity index (χ0n) is 15.0. The van der Waals surface area contributed by atoms with Crippen LogP contribution in [0.1, 0.15) is 37.0 Å². The highest BCUT2D eigenvalue weighted by Gasteiger charge is 2.16. The summed E-state index contributed by atoms with van der Waals surface area (Å²) in [6.45, 7) is 5.90. The fourth-order valence-corrected chi connectivity index (χ4v) is 3.16. The highest BCUT2D eigenvalue weighted by Crippen LogP contribution is 2.12. The number of benzene rings is 1. The molecule has 1 aromatic carbocycles. The van der Waals surface area contributed by atoms with Gasteiger partial charge in [-0.3, -0.25) is 4.79 Å². The van der Waals surface area contributed by atoms with Gasteiger partial charge >= 0.3 is 0 Å². The van der Waals surface area contributed by atoms with Gasteiger partial charge in [-0.15, -0.1) is 0 Å². The van der Waals surface area contributed by atoms with E-state index in [0.29, 0.717) is 24.6 Å². The number of rotatable bonds is 10. The molecule has 0 bridgehead atoms. The average molecular weight is 356 g/mol. The minimum Gasteiger partial charge on any atom is -0.352 e. The Morgan fingerprint density at radius 2 is 1.92 bits per heavy atom. The summed E-state index contributed by atoms with van der Waals surface area (Å²) in [5, 5.41) is 2.81. The molecule has 7 heteroatoms. The van der Waals surface area contributed by atoms with Gasteiger partial charge in [0.2, 0.25) is 10.0 Å². The quantitative estimate of drug-likeness (QED) is 0.626. The van der Waals surface area contributed by atoms with Gasteiger partial charge < -0.3 is 10.2 Å². The molecule has 0 aromatic heterocycles. The second-order valence-electron chi connectivity index (χ2n) is 6.52. The monoisotopic (exact) mass is 355 g/mol. The minimum absolute atomic E-state index is 0.118. The molecule has 136 valence electrons. The number of carbonyl (C=O) groups excluding carboxylic acids is 1. The molecule has 0 aliphatic carbocycles. The maximum atomic E-state index is 12.3. The lowest BCUT2D eigenvalue weighted by Gasteiger charge is -2.11. The Morgan fingerprint density at radius 3 is 2.54 bits per heavy atom. The second kappa shape index (κ2) is 9.76. The van der Waals surface area contributed by atoms with E-state index in [1.54, 1.807) is 12.1 Å². The van der Waals surface area contributed by atoms with Gasteiger partial charge in [0.25, 0.3) is 5.91 Å². The van der Waals surface area contributed by atoms with Crippen LogP contribution in [0.4, 0.5) is 0 Å². The third-order valence-electron chi connectivity index (χ3n) is 3.49. The van der Waals surface area contributed by atoms with Gasteiger partial charge in [-0.2, -0.15) is 0 Å². The van der Waals surface area contributed by atoms with E-state index in [4.69, 9.17) is 0 Å². The molecule has 6 nitrogen and oxygen atoms in total. The van der Waals surface area contributed by atoms with Crippen molar-refractivity contribution < 1.29 is 13.2 Å². The third kappa shape index (κ3) is 7.42. The number of hydrogen-bond acceptors (Lipinski definition) is 4. The molecule has 1 rings (SSSR count). The first-order chi connectivity index (χ1) is 11.2. The van der Waals surface area contributed by atoms with E-state index in [0.717, 1.165) is 19.4 Å². The van der Waals surface area contributed by atoms with Crippen molar-refractivity contribution >= 4 is 15.9 Å². The maximum Gasteiger partial charge on any atom is 0.251 e. The third-order valence-corrected chi connectivity index (χ3v) is 4.95. The van der Waals surface area contributed by atoms with E-state index >= 15 is 0 Å². The van der Waals surface area contributed by atoms with Crippen LogP contribution in [-0.4, -0.2) is 53.0 Å². The number of amides is 1. The molecule has 0 unspecified atom stereocenters. The molecule has 1 amide bonds. The van der Waals surface area contributed by atoms with Crippen molar-refractivity contribution in [2.45, 2.75) is 31.6 Å². The molecular weight excluding hydrogens is 326 g/mol. The lowest BCUT2D eigenvalue weighted by molar-refractivity contribution is 0.0952. The largest absolute Gasteiger partial charge is 0.352 e. The Bertz CT molecular complexity index is 628. The van der Waals surface area contributed by atoms with Crippen molar-refractivity contribution in [1.82, 2.24) is 14.9 Å². The molecule has 0 atom stereocenters. The average Bonchev–Trinajstić information content (AvgIpc) is 2.50. The van der Waals surface area contributed by atoms with Crippen molar-refractivity contribution in [3.8, 4) is 0 Å². The zero-order chi connectivity index (χ0) is 18.2. The molecule has 1 aromatic rings. The van der Waals surface area contributed by atoms with E-state index in [1.165, 1.54) is 12.1 Å². The maximum absolute atomic E-state index is 12.3. The summed E-state index contributed by atoms with van der Waals surface area (Å²) < 4.78 is 27.1. The van der Waals surface area contributed by atoms with E-state index in [2.05, 4.69) is 10.0 Å². The summed E-state index contributed by atoms with van der Waals surface area (Å²) in [5.41, 5.74) is 0.353. The SMILES string of the molecule is CC(C)CCNS(=O)(=O)c1cccc(C(=O)NCCCN(C)C)c1. The first kappa shape index (κ1) is 20.6. The van der Waals surface area contributed by atoms with Crippen LogP contribution in [0.25, 0.3) is 0 Å². The smallest absolute Gasteiger partial charge is 0.251 e. The molecule has 0 saturated carbocycles. The van der Waals surface area contributed by atoms with Crippen molar-refractivity contribution in [3.05, 3.63) is 29.8 Å². The first-order valence-corrected chi connectivity index (χ1v) is 9.73. The van der Waals surface area contributed by atoms with Crippen LogP contribution in [0.5, 0.6) is 0 Å². The number of sulfonamides is 1. The molecule has 0 spiro atoms. The van der Waals surface area contributed by atoms with Gasteiger partial charge in [-0.25, -0.2) is 13.1 Å². The van der Waals surface area contributed by atoms with Gasteiger partial charge in [-0.05, 0) is 57.6 Å². The van der Waals surface area contributed by atoms with Crippen LogP contribution in [0.15, 0.2) is 29.2 Å². The summed E-state index contributed by atoms with van der Waals surface area (Å²) in [5.74, 6) is 0.167. The van der Waals surface area contributed by atoms with Crippen molar-refractivity contribution in [2.24, 2.45) is 5.92 Å². The molecule has 0 aliphatic heterocycles. The van der Waals surface area contributed by atoms with Crippen LogP contribution < -0.4 is 10.0 Å². The molecule has 0 saturated heterocycles. The van der Waals surface area contributed by atoms with Crippen molar-refractivity contribution in [2.75, 3.05) is 33.7 Å². The molecule has 0 radical (unpaired) electrons. The summed E-state index contributed by atoms with van der Waals surface area (Å²) in [4.78, 5) is 14.3. The predicted molar refractivity (Wildman–Crippen MR) is 96.6 cm³/mol. The molecule has 2 N–H and O–H groups in total. The minimum atomic E-state index is -3.59. The number of nitrogens with zero attached hydrogens (tertiary/aromatic N) is 1. The van der Waals surface area contributed by atoms with Crippen molar-refractivity contribution in [1.29, 1.82) is 0 Å². The first-order valence-electron chi connectivity index (χ1n) is 8.25. The van der Waals surface area contributed by atoms with Gasteiger partial charge in [0.1, 0.15) is 0 Å². The van der Waals surface area contributed by atoms with Crippen LogP contribution >= 0.6 is 0 Å². The number of nitrogens with one attached hydrogen (secondary N) is 2. The Morgan fingerprint density at radius 1 is 1.21 bits per heavy atom. The van der Waals surface area contributed by atoms with Crippen LogP contribution in [0.3, 0.4) is 0 Å². The number of carbonyl (C=O) groups is 1. The summed E-state index contributed by atoms with van der Waals surface area (Å²) in [7, 11) is 0.364. The van der Waals surface area contributed by atoms with Crippen LogP contribution in [0.2, 0.25) is 0 Å². The van der Waals surface area contributed by atoms with E-state index < -0.39 is 10.0 Å². The molecule has 0 aliphatic rings. The van der Waals surface area contributed by atoms with Crippen LogP contribution in [0, 0.1) is 5.92 Å². The highest BCUT2D eigenvalue weighted by atomic mass is 32.2. The number of hydrogen-bond donors (Lipinski definition) is 2. The zero-order valence-corrected chi connectivity index (χ0v) is 15.8. The molecule has 0 heterocycles. The standard InChI is InChI=1S/C17H29N3O3S/c1-14(2)9-11-19-24(22,23)16-8-5-7-15(13-16)17(21)18-10-6-12-20(3)4/h5,7-8,13-14,19H,6,9-12H2,1-4H3,(H,18,21). The second-order valence-corrected chi connectivity index (χ2v) is 8.29. The predicted octanol–water partition coefficient (Wildman–Crippen LogP) is 1.69. The van der Waals surface area contributed by atoms with Crippen molar-refractivity contribution in [3.63, 3.8) is 0 Å². The highest BCUT2D eigenvalue weighted by molar-refractivity contribution is 7.89. The Hall–Kier alpha value is -1.44. The fourth-order valence-electron chi connectivity index (χ4n) is 2.07. The molecule has 0 fully saturated rings. The summed E-state index contributed by atoms with van der Waals surface area (Å²) in [6.07, 6.45) is 1.61. The lowest BCUT2D eigenvalue weighted by atomic mass is 10.1. The van der Waals surface area contributed by atoms with Gasteiger partial charge in [0.05, 0.1) is 4.90 Å². The fraction of sp³-hybridized carbons (Fsp3) is 0.588. The normalized spacial score (nSPS) is 11.9. The van der Waals surface area contributed by atoms with E-state index in [1.807, 2.05) is 32.8 Å². The van der Waals surface area contributed by atoms with Gasteiger partial charge in [0.15, 0.2) is 0 Å². The van der Waals surface area contributed by atoms with Crippen LogP contribution in [-0.2, 0) is 10.0 Å². The molecular formula is C17H29N3O3S. The Kier molecular flexibility index (Phi) is 8.38. The Balaban J connectivity index is 2.66. The van der Waals surface area contributed by atoms with Gasteiger partial charge in [0, 0.05) is 18.7 Å².